The van der Waals surface area contributed by atoms with Crippen molar-refractivity contribution in [3.63, 3.8) is 0 Å². The average molecular weight is 295 g/mol. The summed E-state index contributed by atoms with van der Waals surface area (Å²) in [6.07, 6.45) is 4.15. The molecule has 0 unspecified atom stereocenters. The van der Waals surface area contributed by atoms with Crippen molar-refractivity contribution in [3.05, 3.63) is 35.8 Å². The second-order valence-electron chi connectivity index (χ2n) is 4.94. The molecule has 20 heavy (non-hydrogen) atoms. The first-order valence-corrected chi connectivity index (χ1v) is 8.58. The number of imidazole rings is 1. The van der Waals surface area contributed by atoms with Crippen molar-refractivity contribution in [2.45, 2.75) is 33.1 Å². The third-order valence-electron chi connectivity index (χ3n) is 3.22. The number of pyridine rings is 1. The predicted molar refractivity (Wildman–Crippen MR) is 80.3 cm³/mol. The quantitative estimate of drug-likeness (QED) is 0.848. The number of hydrogen-bond donors (Lipinski definition) is 1. The van der Waals surface area contributed by atoms with Gasteiger partial charge in [0.1, 0.15) is 5.65 Å². The van der Waals surface area contributed by atoms with Gasteiger partial charge in [0.05, 0.1) is 11.4 Å². The summed E-state index contributed by atoms with van der Waals surface area (Å²) in [5.74, 6) is 0.202. The largest absolute Gasteiger partial charge is 0.304 e. The summed E-state index contributed by atoms with van der Waals surface area (Å²) in [7, 11) is -3.14. The molecule has 5 nitrogen and oxygen atoms in total. The van der Waals surface area contributed by atoms with Crippen LogP contribution in [0.25, 0.3) is 5.65 Å². The van der Waals surface area contributed by atoms with E-state index in [1.807, 2.05) is 42.6 Å². The molecule has 2 aromatic rings. The first-order valence-electron chi connectivity index (χ1n) is 6.93. The Hall–Kier alpha value is -1.40. The molecule has 0 radical (unpaired) electrons. The van der Waals surface area contributed by atoms with Gasteiger partial charge in [-0.2, -0.15) is 0 Å². The molecule has 0 saturated carbocycles. The monoisotopic (exact) mass is 295 g/mol. The minimum Gasteiger partial charge on any atom is -0.304 e. The molecular formula is C14H21N3O2S. The van der Waals surface area contributed by atoms with Gasteiger partial charge in [-0.15, -0.1) is 0 Å². The van der Waals surface area contributed by atoms with Crippen LogP contribution in [0, 0.1) is 6.92 Å². The number of nitrogens with one attached hydrogen (secondary N) is 1. The number of sulfonamides is 1. The lowest BCUT2D eigenvalue weighted by Gasteiger charge is -2.04. The molecular weight excluding hydrogens is 274 g/mol. The van der Waals surface area contributed by atoms with E-state index in [-0.39, 0.29) is 5.75 Å². The van der Waals surface area contributed by atoms with Crippen molar-refractivity contribution in [2.75, 3.05) is 12.3 Å². The maximum absolute atomic E-state index is 11.7. The minimum atomic E-state index is -3.14. The topological polar surface area (TPSA) is 63.5 Å². The Balaban J connectivity index is 1.95. The van der Waals surface area contributed by atoms with Crippen LogP contribution in [0.1, 0.15) is 31.2 Å². The summed E-state index contributed by atoms with van der Waals surface area (Å²) in [5.41, 5.74) is 2.91. The van der Waals surface area contributed by atoms with E-state index >= 15 is 0 Å². The Morgan fingerprint density at radius 3 is 2.85 bits per heavy atom. The van der Waals surface area contributed by atoms with Crippen LogP contribution in [-0.4, -0.2) is 30.1 Å². The smallest absolute Gasteiger partial charge is 0.211 e. The molecule has 2 heterocycles. The van der Waals surface area contributed by atoms with Crippen molar-refractivity contribution < 1.29 is 8.42 Å². The molecule has 0 saturated heterocycles. The van der Waals surface area contributed by atoms with E-state index in [0.29, 0.717) is 19.4 Å². The molecule has 2 aromatic heterocycles. The maximum atomic E-state index is 11.7. The first-order chi connectivity index (χ1) is 9.52. The van der Waals surface area contributed by atoms with E-state index in [4.69, 9.17) is 0 Å². The molecule has 0 bridgehead atoms. The molecule has 0 atom stereocenters. The zero-order valence-electron chi connectivity index (χ0n) is 12.0. The van der Waals surface area contributed by atoms with E-state index in [2.05, 4.69) is 9.71 Å². The average Bonchev–Trinajstić information content (AvgIpc) is 2.81. The molecule has 6 heteroatoms. The van der Waals surface area contributed by atoms with Gasteiger partial charge in [0.25, 0.3) is 0 Å². The Morgan fingerprint density at radius 1 is 1.35 bits per heavy atom. The van der Waals surface area contributed by atoms with Gasteiger partial charge in [-0.3, -0.25) is 0 Å². The van der Waals surface area contributed by atoms with E-state index in [1.54, 1.807) is 0 Å². The second kappa shape index (κ2) is 6.37. The van der Waals surface area contributed by atoms with E-state index in [9.17, 15) is 8.42 Å². The van der Waals surface area contributed by atoms with Crippen LogP contribution in [0.4, 0.5) is 0 Å². The van der Waals surface area contributed by atoms with Crippen molar-refractivity contribution in [3.8, 4) is 0 Å². The van der Waals surface area contributed by atoms with Gasteiger partial charge in [0, 0.05) is 24.9 Å². The van der Waals surface area contributed by atoms with Crippen LogP contribution in [0.15, 0.2) is 24.4 Å². The molecule has 0 fully saturated rings. The summed E-state index contributed by atoms with van der Waals surface area (Å²) in [6.45, 7) is 4.40. The maximum Gasteiger partial charge on any atom is 0.211 e. The highest BCUT2D eigenvalue weighted by Gasteiger charge is 2.09. The Labute approximate surface area is 120 Å². The SMILES string of the molecule is CCCCS(=O)(=O)NCCc1cn2c(C)cccc2n1. The summed E-state index contributed by atoms with van der Waals surface area (Å²) in [6, 6.07) is 5.93. The Kier molecular flexibility index (Phi) is 4.77. The minimum absolute atomic E-state index is 0.202. The third kappa shape index (κ3) is 3.80. The van der Waals surface area contributed by atoms with Crippen LogP contribution in [0.2, 0.25) is 0 Å². The van der Waals surface area contributed by atoms with Gasteiger partial charge in [-0.1, -0.05) is 19.4 Å². The molecule has 0 amide bonds. The lowest BCUT2D eigenvalue weighted by molar-refractivity contribution is 0.578. The van der Waals surface area contributed by atoms with Crippen molar-refractivity contribution in [1.82, 2.24) is 14.1 Å². The Morgan fingerprint density at radius 2 is 2.15 bits per heavy atom. The first kappa shape index (κ1) is 15.0. The Bertz CT molecular complexity index is 677. The van der Waals surface area contributed by atoms with E-state index in [0.717, 1.165) is 23.5 Å². The fraction of sp³-hybridized carbons (Fsp3) is 0.500. The van der Waals surface area contributed by atoms with Crippen LogP contribution in [0.5, 0.6) is 0 Å². The van der Waals surface area contributed by atoms with Crippen molar-refractivity contribution in [2.24, 2.45) is 0 Å². The van der Waals surface area contributed by atoms with Crippen molar-refractivity contribution >= 4 is 15.7 Å². The van der Waals surface area contributed by atoms with Crippen molar-refractivity contribution in [1.29, 1.82) is 0 Å². The zero-order valence-corrected chi connectivity index (χ0v) is 12.8. The molecule has 2 rings (SSSR count). The summed E-state index contributed by atoms with van der Waals surface area (Å²) >= 11 is 0. The molecule has 0 aliphatic carbocycles. The number of nitrogens with zero attached hydrogens (tertiary/aromatic N) is 2. The summed E-state index contributed by atoms with van der Waals surface area (Å²) in [4.78, 5) is 4.48. The second-order valence-corrected chi connectivity index (χ2v) is 6.87. The van der Waals surface area contributed by atoms with Gasteiger partial charge in [0.2, 0.25) is 10.0 Å². The zero-order chi connectivity index (χ0) is 14.6. The van der Waals surface area contributed by atoms with Gasteiger partial charge in [-0.25, -0.2) is 18.1 Å². The molecule has 0 aliphatic heterocycles. The van der Waals surface area contributed by atoms with Gasteiger partial charge >= 0.3 is 0 Å². The normalized spacial score (nSPS) is 12.1. The van der Waals surface area contributed by atoms with Crippen LogP contribution >= 0.6 is 0 Å². The van der Waals surface area contributed by atoms with Gasteiger partial charge < -0.3 is 4.40 Å². The number of unbranched alkanes of at least 4 members (excludes halogenated alkanes) is 1. The molecule has 0 aliphatic rings. The predicted octanol–water partition coefficient (Wildman–Crippen LogP) is 1.90. The summed E-state index contributed by atoms with van der Waals surface area (Å²) in [5, 5.41) is 0. The number of hydrogen-bond acceptors (Lipinski definition) is 3. The van der Waals surface area contributed by atoms with Crippen LogP contribution in [-0.2, 0) is 16.4 Å². The summed E-state index contributed by atoms with van der Waals surface area (Å²) < 4.78 is 28.0. The fourth-order valence-electron chi connectivity index (χ4n) is 2.06. The van der Waals surface area contributed by atoms with Gasteiger partial charge in [-0.05, 0) is 25.5 Å². The lowest BCUT2D eigenvalue weighted by Crippen LogP contribution is -2.28. The third-order valence-corrected chi connectivity index (χ3v) is 4.69. The van der Waals surface area contributed by atoms with Crippen LogP contribution in [0.3, 0.4) is 0 Å². The molecule has 0 spiro atoms. The van der Waals surface area contributed by atoms with E-state index in [1.165, 1.54) is 0 Å². The molecule has 1 N–H and O–H groups in total. The van der Waals surface area contributed by atoms with Crippen LogP contribution < -0.4 is 4.72 Å². The van der Waals surface area contributed by atoms with Gasteiger partial charge in [0.15, 0.2) is 0 Å². The number of fused-ring (bicyclic) bond motifs is 1. The highest BCUT2D eigenvalue weighted by Crippen LogP contribution is 2.08. The number of aromatic nitrogens is 2. The molecule has 0 aromatic carbocycles. The number of rotatable bonds is 7. The highest BCUT2D eigenvalue weighted by atomic mass is 32.2. The highest BCUT2D eigenvalue weighted by molar-refractivity contribution is 7.89. The fourth-order valence-corrected chi connectivity index (χ4v) is 3.29. The molecule has 110 valence electrons. The standard InChI is InChI=1S/C14H21N3O2S/c1-3-4-10-20(18,19)15-9-8-13-11-17-12(2)6-5-7-14(17)16-13/h5-7,11,15H,3-4,8-10H2,1-2H3. The number of aryl methyl sites for hydroxylation is 1. The lowest BCUT2D eigenvalue weighted by atomic mass is 10.3. The van der Waals surface area contributed by atoms with E-state index < -0.39 is 10.0 Å².